The first kappa shape index (κ1) is 19.0. The fourth-order valence-corrected chi connectivity index (χ4v) is 3.33. The van der Waals surface area contributed by atoms with Crippen molar-refractivity contribution >= 4 is 16.8 Å². The Kier molecular flexibility index (Phi) is 6.49. The monoisotopic (exact) mass is 366 g/mol. The Bertz CT molecular complexity index is 871. The minimum absolute atomic E-state index is 0.0329. The molecule has 0 aliphatic carbocycles. The van der Waals surface area contributed by atoms with Gasteiger partial charge in [0.1, 0.15) is 5.75 Å². The van der Waals surface area contributed by atoms with Crippen molar-refractivity contribution in [2.75, 3.05) is 27.4 Å². The minimum atomic E-state index is -0.0329. The zero-order chi connectivity index (χ0) is 19.1. The Morgan fingerprint density at radius 3 is 2.63 bits per heavy atom. The Labute approximate surface area is 159 Å². The number of aromatic amines is 1. The largest absolute Gasteiger partial charge is 0.497 e. The average Bonchev–Trinajstić information content (AvgIpc) is 3.13. The normalized spacial score (nSPS) is 12.1. The van der Waals surface area contributed by atoms with Crippen molar-refractivity contribution in [2.45, 2.75) is 18.8 Å². The molecule has 1 amide bonds. The molecule has 0 unspecified atom stereocenters. The van der Waals surface area contributed by atoms with Gasteiger partial charge in [-0.2, -0.15) is 0 Å². The maximum atomic E-state index is 12.6. The summed E-state index contributed by atoms with van der Waals surface area (Å²) in [6, 6.07) is 16.1. The van der Waals surface area contributed by atoms with Gasteiger partial charge in [0.2, 0.25) is 5.91 Å². The number of methoxy groups -OCH3 is 2. The first-order valence-corrected chi connectivity index (χ1v) is 9.18. The Morgan fingerprint density at radius 1 is 1.11 bits per heavy atom. The van der Waals surface area contributed by atoms with Gasteiger partial charge in [0.25, 0.3) is 0 Å². The summed E-state index contributed by atoms with van der Waals surface area (Å²) in [7, 11) is 3.32. The van der Waals surface area contributed by atoms with Crippen LogP contribution in [-0.4, -0.2) is 38.3 Å². The number of H-pyrrole nitrogens is 1. The van der Waals surface area contributed by atoms with Crippen LogP contribution in [0.5, 0.6) is 5.75 Å². The summed E-state index contributed by atoms with van der Waals surface area (Å²) in [5.74, 6) is 0.812. The molecule has 1 atom stereocenters. The van der Waals surface area contributed by atoms with Crippen LogP contribution in [0.3, 0.4) is 0 Å². The van der Waals surface area contributed by atoms with E-state index in [0.29, 0.717) is 19.6 Å². The topological polar surface area (TPSA) is 63.4 Å². The van der Waals surface area contributed by atoms with Gasteiger partial charge in [-0.15, -0.1) is 0 Å². The van der Waals surface area contributed by atoms with Crippen LogP contribution in [0.25, 0.3) is 10.9 Å². The third-order valence-corrected chi connectivity index (χ3v) is 4.75. The lowest BCUT2D eigenvalue weighted by molar-refractivity contribution is -0.121. The van der Waals surface area contributed by atoms with E-state index >= 15 is 0 Å². The summed E-state index contributed by atoms with van der Waals surface area (Å²) in [6.45, 7) is 1.26. The van der Waals surface area contributed by atoms with Crippen LogP contribution in [0.15, 0.2) is 54.7 Å². The number of carbonyl (C=O) groups is 1. The van der Waals surface area contributed by atoms with Crippen LogP contribution in [0.1, 0.15) is 29.9 Å². The van der Waals surface area contributed by atoms with Crippen LogP contribution >= 0.6 is 0 Å². The maximum Gasteiger partial charge on any atom is 0.220 e. The van der Waals surface area contributed by atoms with Crippen molar-refractivity contribution in [3.8, 4) is 5.75 Å². The molecule has 1 heterocycles. The highest BCUT2D eigenvalue weighted by molar-refractivity contribution is 5.86. The van der Waals surface area contributed by atoms with Crippen molar-refractivity contribution < 1.29 is 14.3 Å². The number of rotatable bonds is 9. The van der Waals surface area contributed by atoms with Gasteiger partial charge in [-0.05, 0) is 35.7 Å². The predicted octanol–water partition coefficient (Wildman–Crippen LogP) is 3.85. The highest BCUT2D eigenvalue weighted by atomic mass is 16.5. The van der Waals surface area contributed by atoms with E-state index in [1.807, 2.05) is 42.6 Å². The van der Waals surface area contributed by atoms with Crippen molar-refractivity contribution in [1.82, 2.24) is 10.3 Å². The molecule has 2 N–H and O–H groups in total. The van der Waals surface area contributed by atoms with E-state index in [2.05, 4.69) is 22.4 Å². The summed E-state index contributed by atoms with van der Waals surface area (Å²) in [5, 5.41) is 4.14. The lowest BCUT2D eigenvalue weighted by atomic mass is 9.88. The third-order valence-electron chi connectivity index (χ3n) is 4.75. The van der Waals surface area contributed by atoms with E-state index < -0.39 is 0 Å². The fraction of sp³-hybridized carbons (Fsp3) is 0.318. The Balaban J connectivity index is 1.85. The molecule has 0 radical (unpaired) electrons. The number of ether oxygens (including phenoxy) is 2. The number of para-hydroxylation sites is 1. The van der Waals surface area contributed by atoms with E-state index in [4.69, 9.17) is 9.47 Å². The molecule has 5 nitrogen and oxygen atoms in total. The lowest BCUT2D eigenvalue weighted by Gasteiger charge is -2.18. The van der Waals surface area contributed by atoms with E-state index in [0.717, 1.165) is 34.2 Å². The minimum Gasteiger partial charge on any atom is -0.497 e. The second-order valence-corrected chi connectivity index (χ2v) is 6.52. The number of benzene rings is 2. The number of fused-ring (bicyclic) bond motifs is 1. The Hall–Kier alpha value is -2.79. The Morgan fingerprint density at radius 2 is 1.89 bits per heavy atom. The summed E-state index contributed by atoms with van der Waals surface area (Å²) in [4.78, 5) is 15.9. The standard InChI is InChI=1S/C22H26N2O3/c1-26-13-5-12-23-22(25)14-19(16-8-10-17(27-2)11-9-16)20-15-24-21-7-4-3-6-18(20)21/h3-4,6-11,15,19,24H,5,12-14H2,1-2H3,(H,23,25)/t19-/m0/s1. The molecule has 0 saturated carbocycles. The lowest BCUT2D eigenvalue weighted by Crippen LogP contribution is -2.27. The number of aromatic nitrogens is 1. The van der Waals surface area contributed by atoms with Crippen LogP contribution in [0.4, 0.5) is 0 Å². The van der Waals surface area contributed by atoms with Crippen molar-refractivity contribution in [3.05, 3.63) is 65.9 Å². The second-order valence-electron chi connectivity index (χ2n) is 6.52. The zero-order valence-electron chi connectivity index (χ0n) is 15.8. The first-order valence-electron chi connectivity index (χ1n) is 9.18. The zero-order valence-corrected chi connectivity index (χ0v) is 15.8. The summed E-state index contributed by atoms with van der Waals surface area (Å²) >= 11 is 0. The molecule has 0 bridgehead atoms. The first-order chi connectivity index (χ1) is 13.2. The number of hydrogen-bond acceptors (Lipinski definition) is 3. The number of amides is 1. The molecule has 2 aromatic carbocycles. The molecule has 1 aromatic heterocycles. The van der Waals surface area contributed by atoms with Crippen LogP contribution in [-0.2, 0) is 9.53 Å². The second kappa shape index (κ2) is 9.24. The molecule has 0 saturated heterocycles. The van der Waals surface area contributed by atoms with E-state index in [1.54, 1.807) is 14.2 Å². The molecule has 0 fully saturated rings. The van der Waals surface area contributed by atoms with Crippen molar-refractivity contribution in [2.24, 2.45) is 0 Å². The van der Waals surface area contributed by atoms with Crippen LogP contribution < -0.4 is 10.1 Å². The van der Waals surface area contributed by atoms with E-state index in [9.17, 15) is 4.79 Å². The van der Waals surface area contributed by atoms with Crippen molar-refractivity contribution in [1.29, 1.82) is 0 Å². The van der Waals surface area contributed by atoms with Gasteiger partial charge in [-0.1, -0.05) is 30.3 Å². The maximum absolute atomic E-state index is 12.6. The molecule has 0 spiro atoms. The van der Waals surface area contributed by atoms with E-state index in [1.165, 1.54) is 0 Å². The summed E-state index contributed by atoms with van der Waals surface area (Å²) < 4.78 is 10.3. The quantitative estimate of drug-likeness (QED) is 0.566. The number of nitrogens with one attached hydrogen (secondary N) is 2. The number of carbonyl (C=O) groups excluding carboxylic acids is 1. The van der Waals surface area contributed by atoms with Crippen LogP contribution in [0.2, 0.25) is 0 Å². The van der Waals surface area contributed by atoms with Gasteiger partial charge in [0, 0.05) is 49.7 Å². The summed E-state index contributed by atoms with van der Waals surface area (Å²) in [6.07, 6.45) is 3.21. The molecule has 142 valence electrons. The van der Waals surface area contributed by atoms with Gasteiger partial charge in [0.05, 0.1) is 7.11 Å². The molecule has 3 aromatic rings. The molecular formula is C22H26N2O3. The van der Waals surface area contributed by atoms with Crippen LogP contribution in [0, 0.1) is 0 Å². The molecule has 3 rings (SSSR count). The van der Waals surface area contributed by atoms with Gasteiger partial charge >= 0.3 is 0 Å². The predicted molar refractivity (Wildman–Crippen MR) is 107 cm³/mol. The highest BCUT2D eigenvalue weighted by Crippen LogP contribution is 2.34. The third kappa shape index (κ3) is 4.68. The summed E-state index contributed by atoms with van der Waals surface area (Å²) in [5.41, 5.74) is 3.29. The van der Waals surface area contributed by atoms with Crippen molar-refractivity contribution in [3.63, 3.8) is 0 Å². The number of hydrogen-bond donors (Lipinski definition) is 2. The molecule has 0 aliphatic rings. The van der Waals surface area contributed by atoms with E-state index in [-0.39, 0.29) is 11.8 Å². The van der Waals surface area contributed by atoms with Gasteiger partial charge < -0.3 is 19.8 Å². The molecular weight excluding hydrogens is 340 g/mol. The SMILES string of the molecule is COCCCNC(=O)C[C@@H](c1ccc(OC)cc1)c1c[nH]c2ccccc12. The smallest absolute Gasteiger partial charge is 0.220 e. The average molecular weight is 366 g/mol. The molecule has 27 heavy (non-hydrogen) atoms. The highest BCUT2D eigenvalue weighted by Gasteiger charge is 2.21. The van der Waals surface area contributed by atoms with Gasteiger partial charge in [-0.25, -0.2) is 0 Å². The molecule has 5 heteroatoms. The van der Waals surface area contributed by atoms with Gasteiger partial charge in [-0.3, -0.25) is 4.79 Å². The van der Waals surface area contributed by atoms with Gasteiger partial charge in [0.15, 0.2) is 0 Å². The fourth-order valence-electron chi connectivity index (χ4n) is 3.33. The molecule has 0 aliphatic heterocycles.